The van der Waals surface area contributed by atoms with Crippen molar-refractivity contribution in [3.63, 3.8) is 0 Å². The average Bonchev–Trinajstić information content (AvgIpc) is 3.20. The fourth-order valence-electron chi connectivity index (χ4n) is 4.38. The third kappa shape index (κ3) is 4.33. The summed E-state index contributed by atoms with van der Waals surface area (Å²) in [6, 6.07) is 17.9. The van der Waals surface area contributed by atoms with Crippen molar-refractivity contribution >= 4 is 6.09 Å². The van der Waals surface area contributed by atoms with E-state index in [1.165, 1.54) is 0 Å². The van der Waals surface area contributed by atoms with E-state index >= 15 is 0 Å². The van der Waals surface area contributed by atoms with Crippen LogP contribution in [0.15, 0.2) is 59.0 Å². The summed E-state index contributed by atoms with van der Waals surface area (Å²) < 4.78 is 11.7. The second kappa shape index (κ2) is 8.53. The van der Waals surface area contributed by atoms with Crippen molar-refractivity contribution in [2.24, 2.45) is 5.92 Å². The number of ether oxygens (including phenoxy) is 1. The van der Waals surface area contributed by atoms with Gasteiger partial charge in [-0.25, -0.2) is 4.79 Å². The summed E-state index contributed by atoms with van der Waals surface area (Å²) in [7, 11) is 0. The molecule has 6 heteroatoms. The van der Waals surface area contributed by atoms with Gasteiger partial charge in [0.05, 0.1) is 6.04 Å². The molecule has 1 fully saturated rings. The molecule has 1 aliphatic heterocycles. The van der Waals surface area contributed by atoms with Gasteiger partial charge in [0.1, 0.15) is 5.60 Å². The van der Waals surface area contributed by atoms with Gasteiger partial charge in [0.15, 0.2) is 0 Å². The minimum Gasteiger partial charge on any atom is -0.438 e. The first-order valence-corrected chi connectivity index (χ1v) is 10.8. The standard InChI is InChI=1S/C25H29N3O3/c1-17(2)16-25(22-8-6-5-7-9-22)14-15-28(24(29)31-25)18(3)20-10-12-21(13-11-20)23-27-26-19(4)30-23/h5-13,17-18H,14-16H2,1-4H3. The molecule has 2 heterocycles. The van der Waals surface area contributed by atoms with Crippen LogP contribution in [0.4, 0.5) is 4.79 Å². The highest BCUT2D eigenvalue weighted by atomic mass is 16.6. The molecule has 0 radical (unpaired) electrons. The number of aromatic nitrogens is 2. The highest BCUT2D eigenvalue weighted by Crippen LogP contribution is 2.41. The van der Waals surface area contributed by atoms with E-state index < -0.39 is 5.60 Å². The number of rotatable bonds is 6. The smallest absolute Gasteiger partial charge is 0.411 e. The molecule has 162 valence electrons. The molecule has 1 amide bonds. The topological polar surface area (TPSA) is 68.5 Å². The third-order valence-electron chi connectivity index (χ3n) is 5.95. The Labute approximate surface area is 183 Å². The van der Waals surface area contributed by atoms with Crippen molar-refractivity contribution in [2.45, 2.75) is 52.2 Å². The van der Waals surface area contributed by atoms with Gasteiger partial charge in [-0.15, -0.1) is 10.2 Å². The largest absolute Gasteiger partial charge is 0.438 e. The zero-order valence-corrected chi connectivity index (χ0v) is 18.5. The third-order valence-corrected chi connectivity index (χ3v) is 5.95. The summed E-state index contributed by atoms with van der Waals surface area (Å²) in [6.07, 6.45) is 1.31. The molecule has 0 aliphatic carbocycles. The Bertz CT molecular complexity index is 1030. The molecular weight excluding hydrogens is 390 g/mol. The predicted molar refractivity (Wildman–Crippen MR) is 118 cm³/mol. The van der Waals surface area contributed by atoms with Crippen LogP contribution in [0.25, 0.3) is 11.5 Å². The first-order chi connectivity index (χ1) is 14.9. The molecule has 2 atom stereocenters. The van der Waals surface area contributed by atoms with E-state index in [4.69, 9.17) is 9.15 Å². The Kier molecular flexibility index (Phi) is 5.81. The normalized spacial score (nSPS) is 20.0. The van der Waals surface area contributed by atoms with Crippen molar-refractivity contribution < 1.29 is 13.9 Å². The molecule has 6 nitrogen and oxygen atoms in total. The van der Waals surface area contributed by atoms with E-state index in [9.17, 15) is 4.79 Å². The van der Waals surface area contributed by atoms with Crippen LogP contribution in [-0.4, -0.2) is 27.7 Å². The van der Waals surface area contributed by atoms with E-state index in [1.54, 1.807) is 6.92 Å². The fraction of sp³-hybridized carbons (Fsp3) is 0.400. The average molecular weight is 420 g/mol. The lowest BCUT2D eigenvalue weighted by molar-refractivity contribution is -0.0715. The Hall–Kier alpha value is -3.15. The van der Waals surface area contributed by atoms with Crippen molar-refractivity contribution in [2.75, 3.05) is 6.54 Å². The van der Waals surface area contributed by atoms with Crippen LogP contribution >= 0.6 is 0 Å². The highest BCUT2D eigenvalue weighted by Gasteiger charge is 2.43. The molecule has 1 aliphatic rings. The summed E-state index contributed by atoms with van der Waals surface area (Å²) in [6.45, 7) is 8.78. The minimum atomic E-state index is -0.567. The number of nitrogens with zero attached hydrogens (tertiary/aromatic N) is 3. The van der Waals surface area contributed by atoms with Crippen LogP contribution < -0.4 is 0 Å². The van der Waals surface area contributed by atoms with Gasteiger partial charge in [-0.05, 0) is 42.5 Å². The molecular formula is C25H29N3O3. The van der Waals surface area contributed by atoms with Gasteiger partial charge < -0.3 is 14.1 Å². The van der Waals surface area contributed by atoms with Crippen molar-refractivity contribution in [1.29, 1.82) is 0 Å². The summed E-state index contributed by atoms with van der Waals surface area (Å²) >= 11 is 0. The number of cyclic esters (lactones) is 1. The van der Waals surface area contributed by atoms with Crippen LogP contribution in [0.5, 0.6) is 0 Å². The Morgan fingerprint density at radius 3 is 2.32 bits per heavy atom. The number of hydrogen-bond donors (Lipinski definition) is 0. The number of hydrogen-bond acceptors (Lipinski definition) is 5. The maximum atomic E-state index is 13.1. The number of carbonyl (C=O) groups is 1. The number of carbonyl (C=O) groups excluding carboxylic acids is 1. The summed E-state index contributed by atoms with van der Waals surface area (Å²) in [4.78, 5) is 15.0. The van der Waals surface area contributed by atoms with Gasteiger partial charge in [0.25, 0.3) is 0 Å². The maximum Gasteiger partial charge on any atom is 0.411 e. The molecule has 3 aromatic rings. The monoisotopic (exact) mass is 419 g/mol. The quantitative estimate of drug-likeness (QED) is 0.498. The van der Waals surface area contributed by atoms with Crippen molar-refractivity contribution in [1.82, 2.24) is 15.1 Å². The number of aryl methyl sites for hydroxylation is 1. The second-order valence-electron chi connectivity index (χ2n) is 8.69. The summed E-state index contributed by atoms with van der Waals surface area (Å²) in [5, 5.41) is 7.94. The zero-order valence-electron chi connectivity index (χ0n) is 18.5. The lowest BCUT2D eigenvalue weighted by Crippen LogP contribution is -2.49. The second-order valence-corrected chi connectivity index (χ2v) is 8.69. The van der Waals surface area contributed by atoms with E-state index in [0.29, 0.717) is 24.2 Å². The highest BCUT2D eigenvalue weighted by molar-refractivity contribution is 5.70. The van der Waals surface area contributed by atoms with E-state index in [0.717, 1.165) is 29.5 Å². The number of benzene rings is 2. The van der Waals surface area contributed by atoms with Crippen LogP contribution in [0.3, 0.4) is 0 Å². The molecule has 31 heavy (non-hydrogen) atoms. The molecule has 1 aromatic heterocycles. The molecule has 0 spiro atoms. The van der Waals surface area contributed by atoms with Gasteiger partial charge in [0.2, 0.25) is 11.8 Å². The minimum absolute atomic E-state index is 0.0983. The first kappa shape index (κ1) is 21.1. The molecule has 0 saturated carbocycles. The van der Waals surface area contributed by atoms with E-state index in [1.807, 2.05) is 54.3 Å². The van der Waals surface area contributed by atoms with Crippen LogP contribution in [0.1, 0.15) is 56.7 Å². The zero-order chi connectivity index (χ0) is 22.0. The fourth-order valence-corrected chi connectivity index (χ4v) is 4.38. The van der Waals surface area contributed by atoms with E-state index in [-0.39, 0.29) is 12.1 Å². The molecule has 4 rings (SSSR count). The summed E-state index contributed by atoms with van der Waals surface area (Å²) in [5.74, 6) is 1.44. The summed E-state index contributed by atoms with van der Waals surface area (Å²) in [5.41, 5.74) is 2.40. The first-order valence-electron chi connectivity index (χ1n) is 10.8. The van der Waals surface area contributed by atoms with Gasteiger partial charge in [-0.1, -0.05) is 56.3 Å². The Balaban J connectivity index is 1.52. The van der Waals surface area contributed by atoms with Crippen molar-refractivity contribution in [3.05, 3.63) is 71.6 Å². The molecule has 0 bridgehead atoms. The lowest BCUT2D eigenvalue weighted by Gasteiger charge is -2.44. The van der Waals surface area contributed by atoms with Gasteiger partial charge in [-0.2, -0.15) is 0 Å². The Morgan fingerprint density at radius 2 is 1.74 bits per heavy atom. The van der Waals surface area contributed by atoms with Crippen LogP contribution in [-0.2, 0) is 10.3 Å². The molecule has 0 N–H and O–H groups in total. The van der Waals surface area contributed by atoms with Gasteiger partial charge in [-0.3, -0.25) is 0 Å². The lowest BCUT2D eigenvalue weighted by atomic mass is 9.81. The Morgan fingerprint density at radius 1 is 1.03 bits per heavy atom. The van der Waals surface area contributed by atoms with Gasteiger partial charge >= 0.3 is 6.09 Å². The molecule has 1 saturated heterocycles. The maximum absolute atomic E-state index is 13.1. The SMILES string of the molecule is Cc1nnc(-c2ccc(C(C)N3CCC(CC(C)C)(c4ccccc4)OC3=O)cc2)o1. The van der Waals surface area contributed by atoms with E-state index in [2.05, 4.69) is 36.2 Å². The molecule has 2 unspecified atom stereocenters. The van der Waals surface area contributed by atoms with Crippen LogP contribution in [0, 0.1) is 12.8 Å². The predicted octanol–water partition coefficient (Wildman–Crippen LogP) is 5.89. The van der Waals surface area contributed by atoms with Crippen LogP contribution in [0.2, 0.25) is 0 Å². The van der Waals surface area contributed by atoms with Gasteiger partial charge in [0, 0.05) is 25.5 Å². The van der Waals surface area contributed by atoms with Crippen molar-refractivity contribution in [3.8, 4) is 11.5 Å². The molecule has 2 aromatic carbocycles. The number of amides is 1.